The summed E-state index contributed by atoms with van der Waals surface area (Å²) in [7, 11) is 0. The summed E-state index contributed by atoms with van der Waals surface area (Å²) in [5.74, 6) is -0.423. The standard InChI is InChI=1S/C14H10N6O2S/c15-3-5-4-23-11-7-6(9-13(22)20-14(16)19-9)1-2-17-12(21)10(7)18-8(5)11/h4,22H,1-2H2,(H,17,21)(H3,16,19,20). The molecule has 0 atom stereocenters. The maximum atomic E-state index is 12.3. The van der Waals surface area contributed by atoms with E-state index >= 15 is 0 Å². The van der Waals surface area contributed by atoms with Gasteiger partial charge in [-0.1, -0.05) is 0 Å². The Morgan fingerprint density at radius 2 is 2.30 bits per heavy atom. The number of hydrogen-bond donors (Lipinski definition) is 4. The summed E-state index contributed by atoms with van der Waals surface area (Å²) < 4.78 is 0. The van der Waals surface area contributed by atoms with Crippen LogP contribution in [0.4, 0.5) is 11.6 Å². The second-order valence-corrected chi connectivity index (χ2v) is 5.96. The molecule has 4 heterocycles. The first kappa shape index (κ1) is 13.5. The number of thiophene rings is 1. The molecular weight excluding hydrogens is 316 g/mol. The molecular formula is C14H10N6O2S. The fraction of sp³-hybridized carbons (Fsp3) is 0.143. The van der Waals surface area contributed by atoms with E-state index in [2.05, 4.69) is 26.3 Å². The second-order valence-electron chi connectivity index (χ2n) is 5.08. The minimum absolute atomic E-state index is 0.0923. The molecule has 4 rings (SSSR count). The Bertz CT molecular complexity index is 959. The van der Waals surface area contributed by atoms with Gasteiger partial charge < -0.3 is 21.1 Å². The maximum Gasteiger partial charge on any atom is 0.270 e. The Labute approximate surface area is 134 Å². The van der Waals surface area contributed by atoms with Gasteiger partial charge in [-0.15, -0.1) is 11.3 Å². The number of hydrogen-bond acceptors (Lipinski definition) is 7. The number of nitriles is 1. The van der Waals surface area contributed by atoms with Gasteiger partial charge in [0.05, 0.1) is 10.4 Å². The van der Waals surface area contributed by atoms with Gasteiger partial charge >= 0.3 is 0 Å². The molecule has 0 saturated heterocycles. The number of aromatic amines is 1. The van der Waals surface area contributed by atoms with Gasteiger partial charge in [-0.3, -0.25) is 4.79 Å². The lowest BCUT2D eigenvalue weighted by Gasteiger charge is -2.07. The van der Waals surface area contributed by atoms with E-state index in [9.17, 15) is 15.2 Å². The third kappa shape index (κ3) is 1.85. The van der Waals surface area contributed by atoms with Gasteiger partial charge in [0.1, 0.15) is 23.2 Å². The summed E-state index contributed by atoms with van der Waals surface area (Å²) >= 11 is 1.35. The molecule has 9 heteroatoms. The molecule has 0 aromatic carbocycles. The van der Waals surface area contributed by atoms with Gasteiger partial charge in [-0.05, 0) is 12.0 Å². The number of carbonyl (C=O) groups is 1. The number of nitrogen functional groups attached to an aromatic ring is 1. The van der Waals surface area contributed by atoms with Gasteiger partial charge in [0, 0.05) is 17.5 Å². The molecule has 0 spiro atoms. The van der Waals surface area contributed by atoms with Crippen LogP contribution in [0.1, 0.15) is 22.6 Å². The molecule has 23 heavy (non-hydrogen) atoms. The number of H-pyrrole nitrogens is 1. The summed E-state index contributed by atoms with van der Waals surface area (Å²) in [4.78, 5) is 24.0. The van der Waals surface area contributed by atoms with Gasteiger partial charge in [0.25, 0.3) is 5.91 Å². The fourth-order valence-corrected chi connectivity index (χ4v) is 3.80. The van der Waals surface area contributed by atoms with Crippen molar-refractivity contribution in [2.45, 2.75) is 6.42 Å². The van der Waals surface area contributed by atoms with E-state index in [0.29, 0.717) is 41.1 Å². The number of amides is 1. The van der Waals surface area contributed by atoms with Crippen molar-refractivity contribution < 1.29 is 9.90 Å². The SMILES string of the molecule is N#Cc1csc2c1N=C1C(=O)NCCC(c3[nH]c(N)nc3O)=C12. The zero-order chi connectivity index (χ0) is 16.1. The van der Waals surface area contributed by atoms with Crippen LogP contribution in [0.3, 0.4) is 0 Å². The summed E-state index contributed by atoms with van der Waals surface area (Å²) in [6, 6.07) is 2.08. The van der Waals surface area contributed by atoms with Crippen LogP contribution in [0.2, 0.25) is 0 Å². The maximum absolute atomic E-state index is 12.3. The van der Waals surface area contributed by atoms with E-state index in [1.54, 1.807) is 5.38 Å². The summed E-state index contributed by atoms with van der Waals surface area (Å²) in [6.07, 6.45) is 0.481. The van der Waals surface area contributed by atoms with E-state index in [4.69, 9.17) is 5.73 Å². The van der Waals surface area contributed by atoms with E-state index in [0.717, 1.165) is 4.88 Å². The highest BCUT2D eigenvalue weighted by Crippen LogP contribution is 2.47. The lowest BCUT2D eigenvalue weighted by atomic mass is 9.98. The largest absolute Gasteiger partial charge is 0.492 e. The molecule has 2 aliphatic heterocycles. The quantitative estimate of drug-likeness (QED) is 0.622. The molecule has 0 aliphatic carbocycles. The number of aliphatic imine (C=N–C) groups is 1. The highest BCUT2D eigenvalue weighted by Gasteiger charge is 2.35. The molecule has 0 fully saturated rings. The molecule has 0 unspecified atom stereocenters. The molecule has 114 valence electrons. The topological polar surface area (TPSA) is 140 Å². The number of aromatic nitrogens is 2. The predicted octanol–water partition coefficient (Wildman–Crippen LogP) is 1.15. The first-order valence-electron chi connectivity index (χ1n) is 6.77. The van der Waals surface area contributed by atoms with Crippen LogP contribution < -0.4 is 11.1 Å². The molecule has 0 saturated carbocycles. The number of imidazole rings is 1. The van der Waals surface area contributed by atoms with Crippen LogP contribution in [-0.2, 0) is 4.79 Å². The highest BCUT2D eigenvalue weighted by atomic mass is 32.1. The van der Waals surface area contributed by atoms with Crippen LogP contribution in [0.15, 0.2) is 10.4 Å². The van der Waals surface area contributed by atoms with Gasteiger partial charge in [-0.25, -0.2) is 4.99 Å². The third-order valence-corrected chi connectivity index (χ3v) is 4.74. The molecule has 1 amide bonds. The number of nitrogens with one attached hydrogen (secondary N) is 2. The van der Waals surface area contributed by atoms with Crippen LogP contribution in [-0.4, -0.2) is 33.2 Å². The number of nitrogens with zero attached hydrogens (tertiary/aromatic N) is 3. The Morgan fingerprint density at radius 1 is 1.48 bits per heavy atom. The van der Waals surface area contributed by atoms with E-state index in [1.165, 1.54) is 11.3 Å². The fourth-order valence-electron chi connectivity index (χ4n) is 2.79. The predicted molar refractivity (Wildman–Crippen MR) is 85.2 cm³/mol. The second kappa shape index (κ2) is 4.69. The van der Waals surface area contributed by atoms with Crippen molar-refractivity contribution in [1.29, 1.82) is 5.26 Å². The molecule has 0 radical (unpaired) electrons. The van der Waals surface area contributed by atoms with Crippen molar-refractivity contribution in [3.05, 3.63) is 21.5 Å². The normalized spacial score (nSPS) is 16.3. The molecule has 2 aromatic rings. The van der Waals surface area contributed by atoms with Crippen molar-refractivity contribution in [2.24, 2.45) is 4.99 Å². The lowest BCUT2D eigenvalue weighted by Crippen LogP contribution is -2.29. The Morgan fingerprint density at radius 3 is 3.00 bits per heavy atom. The van der Waals surface area contributed by atoms with Crippen LogP contribution in [0.5, 0.6) is 5.88 Å². The summed E-state index contributed by atoms with van der Waals surface area (Å²) in [6.45, 7) is 0.404. The average molecular weight is 326 g/mol. The van der Waals surface area contributed by atoms with Gasteiger partial charge in [0.2, 0.25) is 11.8 Å². The first-order chi connectivity index (χ1) is 11.1. The van der Waals surface area contributed by atoms with Crippen molar-refractivity contribution >= 4 is 45.7 Å². The highest BCUT2D eigenvalue weighted by molar-refractivity contribution is 7.13. The van der Waals surface area contributed by atoms with Crippen molar-refractivity contribution in [3.63, 3.8) is 0 Å². The Kier molecular flexibility index (Phi) is 2.76. The van der Waals surface area contributed by atoms with E-state index in [-0.39, 0.29) is 23.4 Å². The zero-order valence-electron chi connectivity index (χ0n) is 11.7. The summed E-state index contributed by atoms with van der Waals surface area (Å²) in [5.41, 5.74) is 8.50. The van der Waals surface area contributed by atoms with Crippen LogP contribution >= 0.6 is 11.3 Å². The molecule has 0 bridgehead atoms. The van der Waals surface area contributed by atoms with E-state index in [1.807, 2.05) is 0 Å². The van der Waals surface area contributed by atoms with Crippen molar-refractivity contribution in [2.75, 3.05) is 12.3 Å². The summed E-state index contributed by atoms with van der Waals surface area (Å²) in [5, 5.41) is 23.7. The number of aromatic hydroxyl groups is 1. The van der Waals surface area contributed by atoms with Crippen LogP contribution in [0, 0.1) is 11.3 Å². The number of nitrogens with two attached hydrogens (primary N) is 1. The van der Waals surface area contributed by atoms with Crippen molar-refractivity contribution in [3.8, 4) is 11.9 Å². The molecule has 5 N–H and O–H groups in total. The Hall–Kier alpha value is -3.12. The number of anilines is 1. The number of carbonyl (C=O) groups excluding carboxylic acids is 1. The van der Waals surface area contributed by atoms with Crippen LogP contribution in [0.25, 0.3) is 11.1 Å². The first-order valence-corrected chi connectivity index (χ1v) is 7.65. The molecule has 8 nitrogen and oxygen atoms in total. The average Bonchev–Trinajstić information content (AvgIpc) is 3.14. The third-order valence-electron chi connectivity index (χ3n) is 3.75. The Balaban J connectivity index is 2.03. The molecule has 2 aliphatic rings. The lowest BCUT2D eigenvalue weighted by molar-refractivity contribution is -0.114. The molecule has 2 aromatic heterocycles. The smallest absolute Gasteiger partial charge is 0.270 e. The zero-order valence-corrected chi connectivity index (χ0v) is 12.5. The van der Waals surface area contributed by atoms with Crippen molar-refractivity contribution in [1.82, 2.24) is 15.3 Å². The van der Waals surface area contributed by atoms with Gasteiger partial charge in [0.15, 0.2) is 0 Å². The van der Waals surface area contributed by atoms with E-state index < -0.39 is 0 Å². The minimum Gasteiger partial charge on any atom is -0.492 e. The van der Waals surface area contributed by atoms with Gasteiger partial charge in [-0.2, -0.15) is 10.2 Å². The number of fused-ring (bicyclic) bond motifs is 3. The minimum atomic E-state index is -0.297. The number of rotatable bonds is 1. The monoisotopic (exact) mass is 326 g/mol.